The second-order valence-corrected chi connectivity index (χ2v) is 6.01. The fourth-order valence-corrected chi connectivity index (χ4v) is 3.25. The van der Waals surface area contributed by atoms with Crippen LogP contribution in [-0.4, -0.2) is 12.5 Å². The lowest BCUT2D eigenvalue weighted by molar-refractivity contribution is -0.120. The molecule has 1 aromatic rings. The van der Waals surface area contributed by atoms with Gasteiger partial charge in [0.1, 0.15) is 0 Å². The Bertz CT molecular complexity index is 587. The first-order valence-corrected chi connectivity index (χ1v) is 7.27. The van der Waals surface area contributed by atoms with Crippen LogP contribution in [0.3, 0.4) is 0 Å². The highest BCUT2D eigenvalue weighted by Gasteiger charge is 2.47. The lowest BCUT2D eigenvalue weighted by Crippen LogP contribution is -2.21. The number of carbonyl (C=O) groups excluding carboxylic acids is 1. The van der Waals surface area contributed by atoms with Crippen LogP contribution in [-0.2, 0) is 4.79 Å². The number of nitrogens with two attached hydrogens (primary N) is 1. The van der Waals surface area contributed by atoms with E-state index in [-0.39, 0.29) is 11.8 Å². The molecule has 2 atom stereocenters. The standard InChI is InChI=1S/C17H20N2O/c1-11-5-12(3-2-4-18)7-16(6-11)19-17(20)15-9-13-8-14(13)10-15/h5-7,13-15H,4,8-10,18H2,1H3,(H,19,20). The molecule has 0 saturated heterocycles. The summed E-state index contributed by atoms with van der Waals surface area (Å²) in [6, 6.07) is 5.91. The van der Waals surface area contributed by atoms with Gasteiger partial charge in [-0.2, -0.15) is 0 Å². The van der Waals surface area contributed by atoms with Gasteiger partial charge in [-0.25, -0.2) is 0 Å². The largest absolute Gasteiger partial charge is 0.326 e. The molecule has 20 heavy (non-hydrogen) atoms. The van der Waals surface area contributed by atoms with Crippen molar-refractivity contribution in [2.75, 3.05) is 11.9 Å². The normalized spacial score (nSPS) is 26.4. The average molecular weight is 268 g/mol. The van der Waals surface area contributed by atoms with Crippen LogP contribution < -0.4 is 11.1 Å². The van der Waals surface area contributed by atoms with E-state index >= 15 is 0 Å². The molecule has 1 amide bonds. The molecule has 2 unspecified atom stereocenters. The number of benzene rings is 1. The van der Waals surface area contributed by atoms with E-state index in [0.29, 0.717) is 6.54 Å². The summed E-state index contributed by atoms with van der Waals surface area (Å²) in [6.07, 6.45) is 3.48. The van der Waals surface area contributed by atoms with E-state index < -0.39 is 0 Å². The fourth-order valence-electron chi connectivity index (χ4n) is 3.25. The summed E-state index contributed by atoms with van der Waals surface area (Å²) in [5, 5.41) is 3.04. The van der Waals surface area contributed by atoms with Crippen LogP contribution in [0.1, 0.15) is 30.4 Å². The molecule has 0 heterocycles. The molecule has 2 saturated carbocycles. The molecular weight excluding hydrogens is 248 g/mol. The zero-order valence-corrected chi connectivity index (χ0v) is 11.8. The highest BCUT2D eigenvalue weighted by Crippen LogP contribution is 2.54. The molecule has 3 heteroatoms. The molecule has 3 rings (SSSR count). The Balaban J connectivity index is 1.69. The van der Waals surface area contributed by atoms with E-state index in [2.05, 4.69) is 17.2 Å². The third-order valence-corrected chi connectivity index (χ3v) is 4.29. The van der Waals surface area contributed by atoms with E-state index in [9.17, 15) is 4.79 Å². The van der Waals surface area contributed by atoms with Crippen LogP contribution in [0.15, 0.2) is 18.2 Å². The minimum Gasteiger partial charge on any atom is -0.326 e. The molecule has 1 aromatic carbocycles. The second kappa shape index (κ2) is 5.30. The maximum absolute atomic E-state index is 12.3. The van der Waals surface area contributed by atoms with Crippen LogP contribution in [0.4, 0.5) is 5.69 Å². The number of amides is 1. The predicted octanol–water partition coefficient (Wildman–Crippen LogP) is 2.29. The van der Waals surface area contributed by atoms with Gasteiger partial charge in [0.2, 0.25) is 5.91 Å². The number of fused-ring (bicyclic) bond motifs is 1. The summed E-state index contributed by atoms with van der Waals surface area (Å²) in [4.78, 5) is 12.3. The second-order valence-electron chi connectivity index (χ2n) is 6.01. The molecule has 2 fully saturated rings. The highest BCUT2D eigenvalue weighted by molar-refractivity contribution is 5.93. The van der Waals surface area contributed by atoms with Gasteiger partial charge in [-0.1, -0.05) is 11.8 Å². The van der Waals surface area contributed by atoms with Gasteiger partial charge in [-0.15, -0.1) is 0 Å². The van der Waals surface area contributed by atoms with E-state index in [1.807, 2.05) is 25.1 Å². The SMILES string of the molecule is Cc1cc(C#CCN)cc(NC(=O)C2CC3CC3C2)c1. The number of anilines is 1. The maximum atomic E-state index is 12.3. The summed E-state index contributed by atoms with van der Waals surface area (Å²) in [5.41, 5.74) is 8.23. The first-order valence-electron chi connectivity index (χ1n) is 7.27. The summed E-state index contributed by atoms with van der Waals surface area (Å²) < 4.78 is 0. The molecule has 0 radical (unpaired) electrons. The Morgan fingerprint density at radius 3 is 2.75 bits per heavy atom. The number of rotatable bonds is 2. The van der Waals surface area contributed by atoms with Gasteiger partial charge in [-0.3, -0.25) is 4.79 Å². The molecule has 2 aliphatic carbocycles. The van der Waals surface area contributed by atoms with Gasteiger partial charge >= 0.3 is 0 Å². The molecule has 0 aliphatic heterocycles. The fraction of sp³-hybridized carbons (Fsp3) is 0.471. The highest BCUT2D eigenvalue weighted by atomic mass is 16.1. The molecule has 0 bridgehead atoms. The molecular formula is C17H20N2O. The molecule has 2 aliphatic rings. The first-order chi connectivity index (χ1) is 9.65. The summed E-state index contributed by atoms with van der Waals surface area (Å²) in [7, 11) is 0. The lowest BCUT2D eigenvalue weighted by Gasteiger charge is -2.13. The summed E-state index contributed by atoms with van der Waals surface area (Å²) in [5.74, 6) is 7.89. The Kier molecular flexibility index (Phi) is 3.50. The number of hydrogen-bond donors (Lipinski definition) is 2. The van der Waals surface area contributed by atoms with Gasteiger partial charge < -0.3 is 11.1 Å². The number of nitrogens with one attached hydrogen (secondary N) is 1. The summed E-state index contributed by atoms with van der Waals surface area (Å²) >= 11 is 0. The quantitative estimate of drug-likeness (QED) is 0.809. The smallest absolute Gasteiger partial charge is 0.227 e. The Morgan fingerprint density at radius 1 is 1.30 bits per heavy atom. The monoisotopic (exact) mass is 268 g/mol. The first kappa shape index (κ1) is 13.2. The van der Waals surface area contributed by atoms with Crippen molar-refractivity contribution in [2.45, 2.75) is 26.2 Å². The van der Waals surface area contributed by atoms with Gasteiger partial charge in [0.15, 0.2) is 0 Å². The van der Waals surface area contributed by atoms with Gasteiger partial charge in [0, 0.05) is 17.2 Å². The van der Waals surface area contributed by atoms with Crippen LogP contribution in [0.5, 0.6) is 0 Å². The molecule has 0 aromatic heterocycles. The molecule has 0 spiro atoms. The van der Waals surface area contributed by atoms with Crippen LogP contribution in [0.25, 0.3) is 0 Å². The zero-order valence-electron chi connectivity index (χ0n) is 11.8. The van der Waals surface area contributed by atoms with Crippen LogP contribution in [0, 0.1) is 36.5 Å². The minimum atomic E-state index is 0.167. The average Bonchev–Trinajstić information content (AvgIpc) is 3.02. The van der Waals surface area contributed by atoms with Crippen LogP contribution >= 0.6 is 0 Å². The van der Waals surface area contributed by atoms with Crippen molar-refractivity contribution >= 4 is 11.6 Å². The summed E-state index contributed by atoms with van der Waals surface area (Å²) in [6.45, 7) is 2.36. The van der Waals surface area contributed by atoms with E-state index in [4.69, 9.17) is 5.73 Å². The van der Waals surface area contributed by atoms with Crippen molar-refractivity contribution in [3.05, 3.63) is 29.3 Å². The van der Waals surface area contributed by atoms with Gasteiger partial charge in [-0.05, 0) is 61.8 Å². The third-order valence-electron chi connectivity index (χ3n) is 4.29. The number of hydrogen-bond acceptors (Lipinski definition) is 2. The molecule has 104 valence electrons. The minimum absolute atomic E-state index is 0.167. The van der Waals surface area contributed by atoms with Crippen molar-refractivity contribution in [1.82, 2.24) is 0 Å². The van der Waals surface area contributed by atoms with Gasteiger partial charge in [0.25, 0.3) is 0 Å². The van der Waals surface area contributed by atoms with Crippen LogP contribution in [0.2, 0.25) is 0 Å². The third kappa shape index (κ3) is 2.86. The lowest BCUT2D eigenvalue weighted by atomic mass is 10.0. The number of aryl methyl sites for hydroxylation is 1. The van der Waals surface area contributed by atoms with Crippen molar-refractivity contribution in [1.29, 1.82) is 0 Å². The van der Waals surface area contributed by atoms with E-state index in [1.54, 1.807) is 0 Å². The van der Waals surface area contributed by atoms with Crippen molar-refractivity contribution in [3.63, 3.8) is 0 Å². The van der Waals surface area contributed by atoms with E-state index in [1.165, 1.54) is 6.42 Å². The zero-order chi connectivity index (χ0) is 14.1. The van der Waals surface area contributed by atoms with Crippen molar-refractivity contribution in [3.8, 4) is 11.8 Å². The van der Waals surface area contributed by atoms with E-state index in [0.717, 1.165) is 41.5 Å². The topological polar surface area (TPSA) is 55.1 Å². The Labute approximate surface area is 119 Å². The Hall–Kier alpha value is -1.79. The molecule has 3 nitrogen and oxygen atoms in total. The maximum Gasteiger partial charge on any atom is 0.227 e. The van der Waals surface area contributed by atoms with Gasteiger partial charge in [0.05, 0.1) is 6.54 Å². The predicted molar refractivity (Wildman–Crippen MR) is 80.1 cm³/mol. The van der Waals surface area contributed by atoms with Crippen molar-refractivity contribution in [2.24, 2.45) is 23.5 Å². The van der Waals surface area contributed by atoms with Crippen molar-refractivity contribution < 1.29 is 4.79 Å². The number of carbonyl (C=O) groups is 1. The molecule has 3 N–H and O–H groups in total. The Morgan fingerprint density at radius 2 is 2.05 bits per heavy atom.